The number of halogens is 9. The van der Waals surface area contributed by atoms with Crippen molar-refractivity contribution in [2.24, 2.45) is 5.92 Å². The molecule has 0 bridgehead atoms. The Hall–Kier alpha value is -3.67. The Labute approximate surface area is 215 Å². The smallest absolute Gasteiger partial charge is 0.348 e. The maximum absolute atomic E-state index is 13.8. The highest BCUT2D eigenvalue weighted by atomic mass is 35.5. The van der Waals surface area contributed by atoms with Gasteiger partial charge in [0.2, 0.25) is 5.91 Å². The molecule has 0 aromatic heterocycles. The van der Waals surface area contributed by atoms with Crippen LogP contribution >= 0.6 is 11.6 Å². The van der Waals surface area contributed by atoms with E-state index in [4.69, 9.17) is 11.6 Å². The van der Waals surface area contributed by atoms with Crippen molar-refractivity contribution in [3.63, 3.8) is 0 Å². The van der Waals surface area contributed by atoms with Gasteiger partial charge in [0, 0.05) is 23.9 Å². The van der Waals surface area contributed by atoms with Crippen molar-refractivity contribution in [3.05, 3.63) is 99.6 Å². The third-order valence-electron chi connectivity index (χ3n) is 5.34. The lowest BCUT2D eigenvalue weighted by Gasteiger charge is -2.20. The summed E-state index contributed by atoms with van der Waals surface area (Å²) in [4.78, 5) is 25.1. The van der Waals surface area contributed by atoms with Gasteiger partial charge >= 0.3 is 12.4 Å². The molecular weight excluding hydrogens is 548 g/mol. The molecule has 0 radical (unpaired) electrons. The summed E-state index contributed by atoms with van der Waals surface area (Å²) in [6.45, 7) is -0.370. The van der Waals surface area contributed by atoms with Crippen molar-refractivity contribution in [1.82, 2.24) is 5.32 Å². The molecule has 0 aliphatic carbocycles. The van der Waals surface area contributed by atoms with Crippen LogP contribution in [0.3, 0.4) is 0 Å². The minimum atomic E-state index is -5.11. The highest BCUT2D eigenvalue weighted by Crippen LogP contribution is 2.34. The van der Waals surface area contributed by atoms with Crippen LogP contribution in [0.25, 0.3) is 0 Å². The lowest BCUT2D eigenvalue weighted by atomic mass is 9.96. The molecule has 3 aromatic rings. The second kappa shape index (κ2) is 11.4. The van der Waals surface area contributed by atoms with E-state index in [1.165, 1.54) is 0 Å². The van der Waals surface area contributed by atoms with E-state index < -0.39 is 53.7 Å². The highest BCUT2D eigenvalue weighted by Gasteiger charge is 2.45. The van der Waals surface area contributed by atoms with Crippen LogP contribution in [-0.4, -0.2) is 18.0 Å². The number of hydrogen-bond acceptors (Lipinski definition) is 2. The number of anilines is 1. The zero-order valence-corrected chi connectivity index (χ0v) is 19.7. The molecular formula is C25H17ClF8N2O2. The second-order valence-electron chi connectivity index (χ2n) is 8.10. The number of nitrogens with one attached hydrogen (secondary N) is 2. The number of hydrogen-bond donors (Lipinski definition) is 2. The summed E-state index contributed by atoms with van der Waals surface area (Å²) in [5.41, 5.74) is -2.10. The average molecular weight is 565 g/mol. The van der Waals surface area contributed by atoms with Crippen LogP contribution in [0.1, 0.15) is 27.0 Å². The Balaban J connectivity index is 1.76. The first kappa shape index (κ1) is 28.9. The molecule has 0 fully saturated rings. The number of alkyl halides is 6. The van der Waals surface area contributed by atoms with E-state index in [1.54, 1.807) is 0 Å². The summed E-state index contributed by atoms with van der Waals surface area (Å²) < 4.78 is 107. The molecule has 38 heavy (non-hydrogen) atoms. The number of carbonyl (C=O) groups is 2. The monoisotopic (exact) mass is 564 g/mol. The Bertz CT molecular complexity index is 1340. The Kier molecular flexibility index (Phi) is 8.65. The third-order valence-corrected chi connectivity index (χ3v) is 5.67. The molecule has 0 aliphatic rings. The second-order valence-corrected chi connectivity index (χ2v) is 8.51. The van der Waals surface area contributed by atoms with E-state index in [9.17, 15) is 44.7 Å². The normalized spacial score (nSPS) is 12.7. The zero-order chi connectivity index (χ0) is 28.3. The summed E-state index contributed by atoms with van der Waals surface area (Å²) in [5.74, 6) is -6.89. The number of carbonyl (C=O) groups excluding carboxylic acids is 2. The van der Waals surface area contributed by atoms with Crippen LogP contribution in [0.2, 0.25) is 5.02 Å². The predicted octanol–water partition coefficient (Wildman–Crippen LogP) is 6.93. The van der Waals surface area contributed by atoms with Gasteiger partial charge in [-0.1, -0.05) is 35.9 Å². The van der Waals surface area contributed by atoms with Crippen LogP contribution in [-0.2, 0) is 23.9 Å². The fraction of sp³-hybridized carbons (Fsp3) is 0.200. The van der Waals surface area contributed by atoms with E-state index >= 15 is 0 Å². The van der Waals surface area contributed by atoms with E-state index in [0.29, 0.717) is 18.2 Å². The van der Waals surface area contributed by atoms with Gasteiger partial charge in [-0.2, -0.15) is 26.3 Å². The largest absolute Gasteiger partial charge is 0.416 e. The Morgan fingerprint density at radius 3 is 2.24 bits per heavy atom. The molecule has 0 spiro atoms. The quantitative estimate of drug-likeness (QED) is 0.306. The van der Waals surface area contributed by atoms with Crippen molar-refractivity contribution in [3.8, 4) is 0 Å². The molecule has 3 rings (SSSR count). The molecule has 13 heteroatoms. The Morgan fingerprint density at radius 2 is 1.61 bits per heavy atom. The Morgan fingerprint density at radius 1 is 0.895 bits per heavy atom. The van der Waals surface area contributed by atoms with E-state index in [2.05, 4.69) is 5.32 Å². The van der Waals surface area contributed by atoms with Gasteiger partial charge in [0.15, 0.2) is 0 Å². The van der Waals surface area contributed by atoms with Gasteiger partial charge in [-0.15, -0.1) is 0 Å². The summed E-state index contributed by atoms with van der Waals surface area (Å²) >= 11 is 5.99. The minimum Gasteiger partial charge on any atom is -0.348 e. The first-order valence-corrected chi connectivity index (χ1v) is 11.1. The topological polar surface area (TPSA) is 58.2 Å². The number of rotatable bonds is 7. The first-order valence-electron chi connectivity index (χ1n) is 10.7. The van der Waals surface area contributed by atoms with Crippen molar-refractivity contribution >= 4 is 29.1 Å². The van der Waals surface area contributed by atoms with Gasteiger partial charge < -0.3 is 10.6 Å². The van der Waals surface area contributed by atoms with E-state index in [-0.39, 0.29) is 33.9 Å². The fourth-order valence-corrected chi connectivity index (χ4v) is 3.61. The molecule has 3 aromatic carbocycles. The van der Waals surface area contributed by atoms with Crippen molar-refractivity contribution in [1.29, 1.82) is 0 Å². The van der Waals surface area contributed by atoms with Crippen molar-refractivity contribution in [2.45, 2.75) is 25.3 Å². The lowest BCUT2D eigenvalue weighted by molar-refractivity contribution is -0.179. The fourth-order valence-electron chi connectivity index (χ4n) is 3.41. The van der Waals surface area contributed by atoms with Crippen molar-refractivity contribution < 1.29 is 44.7 Å². The van der Waals surface area contributed by atoms with Gasteiger partial charge in [-0.05, 0) is 42.3 Å². The molecule has 1 unspecified atom stereocenters. The molecule has 0 saturated carbocycles. The van der Waals surface area contributed by atoms with Crippen LogP contribution in [0, 0.1) is 17.6 Å². The first-order chi connectivity index (χ1) is 17.6. The summed E-state index contributed by atoms with van der Waals surface area (Å²) in [6, 6.07) is 9.11. The molecule has 0 saturated heterocycles. The molecule has 0 heterocycles. The minimum absolute atomic E-state index is 0.0528. The highest BCUT2D eigenvalue weighted by molar-refractivity contribution is 6.34. The van der Waals surface area contributed by atoms with Crippen LogP contribution in [0.5, 0.6) is 0 Å². The summed E-state index contributed by atoms with van der Waals surface area (Å²) in [6.07, 6.45) is -11.0. The van der Waals surface area contributed by atoms with Gasteiger partial charge in [-0.3, -0.25) is 9.59 Å². The molecule has 2 N–H and O–H groups in total. The van der Waals surface area contributed by atoms with E-state index in [0.717, 1.165) is 42.5 Å². The summed E-state index contributed by atoms with van der Waals surface area (Å²) in [7, 11) is 0. The van der Waals surface area contributed by atoms with Gasteiger partial charge in [0.1, 0.15) is 17.6 Å². The molecule has 1 atom stereocenters. The van der Waals surface area contributed by atoms with Gasteiger partial charge in [0.25, 0.3) is 5.91 Å². The standard InChI is InChI=1S/C25H17ClF8N2O2/c26-20-7-6-17(11-18(20)22(37)35-12-14-4-5-16(27)10-21(14)28)36-23(38)19(25(32,33)34)9-13-2-1-3-15(8-13)24(29,30)31/h1-8,10-11,19H,9,12H2,(H,35,37)(H,36,38). The maximum Gasteiger partial charge on any atom is 0.416 e. The zero-order valence-electron chi connectivity index (χ0n) is 19.0. The SMILES string of the molecule is O=C(NCc1ccc(F)cc1F)c1cc(NC(=O)C(Cc2cccc(C(F)(F)F)c2)C(F)(F)F)ccc1Cl. The van der Waals surface area contributed by atoms with Crippen LogP contribution in [0.15, 0.2) is 60.7 Å². The average Bonchev–Trinajstić information content (AvgIpc) is 2.82. The third kappa shape index (κ3) is 7.44. The molecule has 2 amide bonds. The summed E-state index contributed by atoms with van der Waals surface area (Å²) in [5, 5.41) is 4.19. The molecule has 4 nitrogen and oxygen atoms in total. The van der Waals surface area contributed by atoms with E-state index in [1.807, 2.05) is 5.32 Å². The van der Waals surface area contributed by atoms with Crippen molar-refractivity contribution in [2.75, 3.05) is 5.32 Å². The molecule has 202 valence electrons. The predicted molar refractivity (Wildman–Crippen MR) is 122 cm³/mol. The molecule has 0 aliphatic heterocycles. The number of amides is 2. The van der Waals surface area contributed by atoms with Crippen LogP contribution < -0.4 is 10.6 Å². The van der Waals surface area contributed by atoms with Gasteiger partial charge in [0.05, 0.1) is 16.1 Å². The van der Waals surface area contributed by atoms with Gasteiger partial charge in [-0.25, -0.2) is 8.78 Å². The lowest BCUT2D eigenvalue weighted by Crippen LogP contribution is -2.36. The maximum atomic E-state index is 13.8. The van der Waals surface area contributed by atoms with Crippen LogP contribution in [0.4, 0.5) is 40.8 Å². The number of benzene rings is 3.